The molecule has 0 radical (unpaired) electrons. The van der Waals surface area contributed by atoms with E-state index in [1.54, 1.807) is 12.1 Å². The zero-order valence-electron chi connectivity index (χ0n) is 10.4. The fourth-order valence-corrected chi connectivity index (χ4v) is 2.61. The Hall–Kier alpha value is -1.90. The molecule has 1 aliphatic carbocycles. The lowest BCUT2D eigenvalue weighted by Gasteiger charge is -2.37. The first-order valence-electron chi connectivity index (χ1n) is 6.49. The minimum atomic E-state index is -0.241. The Morgan fingerprint density at radius 3 is 2.47 bits per heavy atom. The molecule has 0 heterocycles. The van der Waals surface area contributed by atoms with E-state index in [4.69, 9.17) is 0 Å². The maximum Gasteiger partial charge on any atom is 0.126 e. The van der Waals surface area contributed by atoms with Crippen LogP contribution in [0.5, 0.6) is 0 Å². The summed E-state index contributed by atoms with van der Waals surface area (Å²) in [4.78, 5) is 0. The third kappa shape index (κ3) is 2.60. The number of benzene rings is 2. The van der Waals surface area contributed by atoms with Crippen molar-refractivity contribution in [2.75, 3.05) is 5.32 Å². The molecule has 3 heteroatoms. The molecule has 0 aromatic heterocycles. The first-order chi connectivity index (χ1) is 9.22. The molecular weight excluding hydrogens is 244 g/mol. The van der Waals surface area contributed by atoms with E-state index in [9.17, 15) is 8.78 Å². The molecule has 0 amide bonds. The summed E-state index contributed by atoms with van der Waals surface area (Å²) < 4.78 is 26.6. The van der Waals surface area contributed by atoms with Crippen LogP contribution in [0.15, 0.2) is 48.5 Å². The van der Waals surface area contributed by atoms with Crippen molar-refractivity contribution in [1.29, 1.82) is 0 Å². The molecule has 0 bridgehead atoms. The van der Waals surface area contributed by atoms with Gasteiger partial charge in [-0.1, -0.05) is 24.3 Å². The number of hydrogen-bond acceptors (Lipinski definition) is 1. The Morgan fingerprint density at radius 2 is 1.74 bits per heavy atom. The monoisotopic (exact) mass is 259 g/mol. The van der Waals surface area contributed by atoms with Gasteiger partial charge in [-0.05, 0) is 48.6 Å². The van der Waals surface area contributed by atoms with Crippen molar-refractivity contribution in [3.05, 3.63) is 65.7 Å². The number of anilines is 1. The largest absolute Gasteiger partial charge is 0.382 e. The molecule has 1 N–H and O–H groups in total. The molecule has 98 valence electrons. The van der Waals surface area contributed by atoms with Crippen LogP contribution >= 0.6 is 0 Å². The van der Waals surface area contributed by atoms with Crippen LogP contribution in [0.1, 0.15) is 24.3 Å². The minimum absolute atomic E-state index is 0.128. The van der Waals surface area contributed by atoms with Gasteiger partial charge >= 0.3 is 0 Å². The van der Waals surface area contributed by atoms with Crippen LogP contribution in [0, 0.1) is 11.6 Å². The summed E-state index contributed by atoms with van der Waals surface area (Å²) in [5.74, 6) is -0.0982. The van der Waals surface area contributed by atoms with Crippen molar-refractivity contribution in [1.82, 2.24) is 0 Å². The lowest BCUT2D eigenvalue weighted by molar-refractivity contribution is 0.363. The van der Waals surface area contributed by atoms with Crippen molar-refractivity contribution in [2.24, 2.45) is 0 Å². The average Bonchev–Trinajstić information content (AvgIpc) is 2.35. The van der Waals surface area contributed by atoms with E-state index in [1.165, 1.54) is 18.2 Å². The van der Waals surface area contributed by atoms with Gasteiger partial charge in [0.2, 0.25) is 0 Å². The Morgan fingerprint density at radius 1 is 0.947 bits per heavy atom. The van der Waals surface area contributed by atoms with Gasteiger partial charge in [-0.15, -0.1) is 0 Å². The zero-order valence-corrected chi connectivity index (χ0v) is 10.4. The first kappa shape index (κ1) is 12.2. The smallest absolute Gasteiger partial charge is 0.126 e. The molecule has 0 saturated heterocycles. The van der Waals surface area contributed by atoms with Crippen LogP contribution in [-0.2, 0) is 0 Å². The van der Waals surface area contributed by atoms with Crippen LogP contribution in [0.2, 0.25) is 0 Å². The molecule has 2 aromatic carbocycles. The highest BCUT2D eigenvalue weighted by molar-refractivity contribution is 5.45. The summed E-state index contributed by atoms with van der Waals surface area (Å²) in [6, 6.07) is 13.7. The molecule has 2 aromatic rings. The molecule has 3 rings (SSSR count). The third-order valence-corrected chi connectivity index (χ3v) is 3.68. The predicted molar refractivity (Wildman–Crippen MR) is 72.2 cm³/mol. The van der Waals surface area contributed by atoms with E-state index in [2.05, 4.69) is 5.32 Å². The molecule has 19 heavy (non-hydrogen) atoms. The average molecular weight is 259 g/mol. The number of hydrogen-bond donors (Lipinski definition) is 1. The van der Waals surface area contributed by atoms with E-state index in [0.717, 1.165) is 24.1 Å². The van der Waals surface area contributed by atoms with Crippen LogP contribution in [-0.4, -0.2) is 6.04 Å². The molecule has 0 aliphatic heterocycles. The Balaban J connectivity index is 1.60. The zero-order chi connectivity index (χ0) is 13.2. The molecule has 1 nitrogen and oxygen atoms in total. The van der Waals surface area contributed by atoms with Crippen molar-refractivity contribution >= 4 is 5.69 Å². The van der Waals surface area contributed by atoms with Crippen molar-refractivity contribution in [2.45, 2.75) is 24.8 Å². The van der Waals surface area contributed by atoms with Crippen molar-refractivity contribution in [3.63, 3.8) is 0 Å². The molecule has 0 atom stereocenters. The molecule has 1 saturated carbocycles. The van der Waals surface area contributed by atoms with Crippen molar-refractivity contribution < 1.29 is 8.78 Å². The number of halogens is 2. The highest BCUT2D eigenvalue weighted by atomic mass is 19.1. The lowest BCUT2D eigenvalue weighted by atomic mass is 9.75. The van der Waals surface area contributed by atoms with Gasteiger partial charge in [0, 0.05) is 11.7 Å². The fourth-order valence-electron chi connectivity index (χ4n) is 2.61. The van der Waals surface area contributed by atoms with Gasteiger partial charge in [-0.2, -0.15) is 0 Å². The van der Waals surface area contributed by atoms with Crippen LogP contribution in [0.4, 0.5) is 14.5 Å². The van der Waals surface area contributed by atoms with Crippen molar-refractivity contribution in [3.8, 4) is 0 Å². The van der Waals surface area contributed by atoms with Gasteiger partial charge < -0.3 is 5.32 Å². The second kappa shape index (κ2) is 5.00. The minimum Gasteiger partial charge on any atom is -0.382 e. The summed E-state index contributed by atoms with van der Waals surface area (Å²) in [7, 11) is 0. The molecule has 1 fully saturated rings. The Bertz CT molecular complexity index is 576. The molecule has 0 unspecified atom stereocenters. The van der Waals surface area contributed by atoms with Gasteiger partial charge in [-0.25, -0.2) is 8.78 Å². The topological polar surface area (TPSA) is 12.0 Å². The summed E-state index contributed by atoms with van der Waals surface area (Å²) >= 11 is 0. The highest BCUT2D eigenvalue weighted by Gasteiger charge is 2.31. The summed E-state index contributed by atoms with van der Waals surface area (Å²) in [6.45, 7) is 0. The summed E-state index contributed by atoms with van der Waals surface area (Å²) in [5, 5.41) is 3.28. The van der Waals surface area contributed by atoms with Gasteiger partial charge in [0.05, 0.1) is 0 Å². The molecule has 1 aliphatic rings. The van der Waals surface area contributed by atoms with Gasteiger partial charge in [-0.3, -0.25) is 0 Å². The standard InChI is InChI=1S/C16H15F2N/c17-12-4-3-5-13(10-12)19-14-8-11(9-14)15-6-1-2-7-16(15)18/h1-7,10-11,14,19H,8-9H2. The lowest BCUT2D eigenvalue weighted by Crippen LogP contribution is -2.34. The van der Waals surface area contributed by atoms with E-state index < -0.39 is 0 Å². The fraction of sp³-hybridized carbons (Fsp3) is 0.250. The van der Waals surface area contributed by atoms with E-state index in [-0.39, 0.29) is 17.6 Å². The van der Waals surface area contributed by atoms with E-state index in [1.807, 2.05) is 18.2 Å². The highest BCUT2D eigenvalue weighted by Crippen LogP contribution is 2.39. The van der Waals surface area contributed by atoms with Gasteiger partial charge in [0.15, 0.2) is 0 Å². The normalized spacial score (nSPS) is 21.8. The quantitative estimate of drug-likeness (QED) is 0.865. The van der Waals surface area contributed by atoms with Crippen LogP contribution in [0.25, 0.3) is 0 Å². The third-order valence-electron chi connectivity index (χ3n) is 3.68. The SMILES string of the molecule is Fc1cccc(NC2CC(c3ccccc3F)C2)c1. The molecular formula is C16H15F2N. The Labute approximate surface area is 111 Å². The maximum atomic E-state index is 13.6. The summed E-state index contributed by atoms with van der Waals surface area (Å²) in [5.41, 5.74) is 1.58. The van der Waals surface area contributed by atoms with Gasteiger partial charge in [0.25, 0.3) is 0 Å². The second-order valence-electron chi connectivity index (χ2n) is 5.04. The van der Waals surface area contributed by atoms with Gasteiger partial charge in [0.1, 0.15) is 11.6 Å². The number of nitrogens with one attached hydrogen (secondary N) is 1. The number of rotatable bonds is 3. The van der Waals surface area contributed by atoms with Crippen LogP contribution in [0.3, 0.4) is 0 Å². The Kier molecular flexibility index (Phi) is 3.20. The first-order valence-corrected chi connectivity index (χ1v) is 6.49. The van der Waals surface area contributed by atoms with Crippen LogP contribution < -0.4 is 5.32 Å². The van der Waals surface area contributed by atoms with E-state index in [0.29, 0.717) is 6.04 Å². The predicted octanol–water partition coefficient (Wildman–Crippen LogP) is 4.32. The summed E-state index contributed by atoms with van der Waals surface area (Å²) in [6.07, 6.45) is 1.77. The second-order valence-corrected chi connectivity index (χ2v) is 5.04. The van der Waals surface area contributed by atoms with E-state index >= 15 is 0 Å². The maximum absolute atomic E-state index is 13.6. The molecule has 0 spiro atoms.